The molecule has 0 saturated heterocycles. The molecule has 0 amide bonds. The van der Waals surface area contributed by atoms with Gasteiger partial charge in [0.2, 0.25) is 0 Å². The summed E-state index contributed by atoms with van der Waals surface area (Å²) in [5.41, 5.74) is 1.03. The summed E-state index contributed by atoms with van der Waals surface area (Å²) in [5.74, 6) is -1.16. The van der Waals surface area contributed by atoms with Crippen LogP contribution in [0.15, 0.2) is 52.8 Å². The maximum Gasteiger partial charge on any atom is 0.358 e. The number of carboxylic acid groups (broad SMARTS) is 1. The van der Waals surface area contributed by atoms with Crippen LogP contribution >= 0.6 is 11.6 Å². The van der Waals surface area contributed by atoms with Crippen LogP contribution in [0.5, 0.6) is 0 Å². The van der Waals surface area contributed by atoms with E-state index in [9.17, 15) is 9.90 Å². The van der Waals surface area contributed by atoms with Crippen LogP contribution in [0.4, 0.5) is 11.5 Å². The Morgan fingerprint density at radius 3 is 2.87 bits per heavy atom. The molecule has 8 heteroatoms. The number of hydrogen-bond donors (Lipinski definition) is 1. The molecule has 1 N–H and O–H groups in total. The van der Waals surface area contributed by atoms with Crippen LogP contribution in [0.25, 0.3) is 5.65 Å². The number of rotatable bonds is 3. The van der Waals surface area contributed by atoms with Gasteiger partial charge in [0, 0.05) is 6.20 Å². The van der Waals surface area contributed by atoms with Gasteiger partial charge in [0.25, 0.3) is 0 Å². The minimum atomic E-state index is -1.22. The van der Waals surface area contributed by atoms with Crippen LogP contribution in [0.2, 0.25) is 5.02 Å². The van der Waals surface area contributed by atoms with Crippen molar-refractivity contribution in [1.82, 2.24) is 9.38 Å². The monoisotopic (exact) mass is 325 g/mol. The lowest BCUT2D eigenvalue weighted by Crippen LogP contribution is -1.96. The van der Waals surface area contributed by atoms with E-state index in [0.717, 1.165) is 0 Å². The van der Waals surface area contributed by atoms with Gasteiger partial charge in [-0.05, 0) is 30.3 Å². The number of pyridine rings is 1. The molecule has 2 aromatic heterocycles. The Morgan fingerprint density at radius 2 is 2.13 bits per heavy atom. The topological polar surface area (TPSA) is 103 Å². The van der Waals surface area contributed by atoms with Gasteiger partial charge in [0.05, 0.1) is 22.3 Å². The van der Waals surface area contributed by atoms with E-state index in [1.807, 2.05) is 6.07 Å². The quantitative estimate of drug-likeness (QED) is 0.735. The van der Waals surface area contributed by atoms with Gasteiger partial charge >= 0.3 is 5.97 Å². The van der Waals surface area contributed by atoms with Crippen molar-refractivity contribution in [3.63, 3.8) is 0 Å². The van der Waals surface area contributed by atoms with Crippen molar-refractivity contribution < 1.29 is 9.90 Å². The van der Waals surface area contributed by atoms with Crippen molar-refractivity contribution in [3.8, 4) is 6.07 Å². The summed E-state index contributed by atoms with van der Waals surface area (Å²) in [4.78, 5) is 15.3. The fourth-order valence-electron chi connectivity index (χ4n) is 1.99. The summed E-state index contributed by atoms with van der Waals surface area (Å²) in [6.45, 7) is 0. The number of carboxylic acids is 1. The first-order valence-electron chi connectivity index (χ1n) is 6.41. The average molecular weight is 326 g/mol. The van der Waals surface area contributed by atoms with E-state index in [-0.39, 0.29) is 11.5 Å². The van der Waals surface area contributed by atoms with Crippen LogP contribution in [-0.4, -0.2) is 20.5 Å². The third kappa shape index (κ3) is 2.88. The van der Waals surface area contributed by atoms with Gasteiger partial charge in [-0.15, -0.1) is 10.2 Å². The van der Waals surface area contributed by atoms with Gasteiger partial charge in [0.1, 0.15) is 5.65 Å². The summed E-state index contributed by atoms with van der Waals surface area (Å²) < 4.78 is 1.45. The molecular weight excluding hydrogens is 318 g/mol. The molecule has 0 aliphatic rings. The number of fused-ring (bicyclic) bond motifs is 1. The maximum absolute atomic E-state index is 11.3. The number of halogens is 1. The predicted molar refractivity (Wildman–Crippen MR) is 82.5 cm³/mol. The number of aromatic carboxylic acids is 1. The number of nitriles is 1. The highest BCUT2D eigenvalue weighted by atomic mass is 35.5. The first-order chi connectivity index (χ1) is 11.1. The zero-order valence-corrected chi connectivity index (χ0v) is 12.3. The lowest BCUT2D eigenvalue weighted by Gasteiger charge is -1.97. The number of benzene rings is 1. The molecule has 1 aromatic carbocycles. The Labute approximate surface area is 135 Å². The van der Waals surface area contributed by atoms with E-state index in [4.69, 9.17) is 16.9 Å². The summed E-state index contributed by atoms with van der Waals surface area (Å²) in [5, 5.41) is 26.5. The molecule has 112 valence electrons. The van der Waals surface area contributed by atoms with Crippen molar-refractivity contribution in [2.75, 3.05) is 0 Å². The number of nitrogens with zero attached hydrogens (tertiary/aromatic N) is 5. The van der Waals surface area contributed by atoms with Gasteiger partial charge in [-0.2, -0.15) is 5.26 Å². The van der Waals surface area contributed by atoms with Crippen LogP contribution < -0.4 is 0 Å². The first kappa shape index (κ1) is 14.7. The summed E-state index contributed by atoms with van der Waals surface area (Å²) in [7, 11) is 0. The predicted octanol–water partition coefficient (Wildman–Crippen LogP) is 3.97. The van der Waals surface area contributed by atoms with Gasteiger partial charge in [-0.25, -0.2) is 9.78 Å². The van der Waals surface area contributed by atoms with Crippen LogP contribution in [0, 0.1) is 11.3 Å². The molecule has 0 unspecified atom stereocenters. The zero-order chi connectivity index (χ0) is 16.4. The minimum Gasteiger partial charge on any atom is -0.476 e. The highest BCUT2D eigenvalue weighted by molar-refractivity contribution is 6.30. The van der Waals surface area contributed by atoms with E-state index in [0.29, 0.717) is 21.9 Å². The highest BCUT2D eigenvalue weighted by Gasteiger charge is 2.18. The van der Waals surface area contributed by atoms with Crippen molar-refractivity contribution in [1.29, 1.82) is 5.26 Å². The molecule has 0 aliphatic carbocycles. The van der Waals surface area contributed by atoms with Gasteiger partial charge in [-0.3, -0.25) is 4.40 Å². The third-order valence-electron chi connectivity index (χ3n) is 3.00. The van der Waals surface area contributed by atoms with Gasteiger partial charge in [-0.1, -0.05) is 17.7 Å². The second kappa shape index (κ2) is 5.87. The lowest BCUT2D eigenvalue weighted by atomic mass is 10.2. The molecule has 0 atom stereocenters. The minimum absolute atomic E-state index is 0.0531. The van der Waals surface area contributed by atoms with Crippen molar-refractivity contribution in [2.45, 2.75) is 0 Å². The van der Waals surface area contributed by atoms with E-state index in [2.05, 4.69) is 15.2 Å². The Hall–Kier alpha value is -3.24. The molecular formula is C15H8ClN5O2. The zero-order valence-electron chi connectivity index (χ0n) is 11.5. The Kier molecular flexibility index (Phi) is 3.75. The molecule has 23 heavy (non-hydrogen) atoms. The first-order valence-corrected chi connectivity index (χ1v) is 6.79. The summed E-state index contributed by atoms with van der Waals surface area (Å²) >= 11 is 5.93. The molecule has 0 fully saturated rings. The molecule has 2 heterocycles. The van der Waals surface area contributed by atoms with Gasteiger partial charge in [0.15, 0.2) is 11.5 Å². The van der Waals surface area contributed by atoms with Crippen LogP contribution in [0.1, 0.15) is 16.1 Å². The Morgan fingerprint density at radius 1 is 1.30 bits per heavy atom. The maximum atomic E-state index is 11.3. The highest BCUT2D eigenvalue weighted by Crippen LogP contribution is 2.26. The standard InChI is InChI=1S/C15H8ClN5O2/c16-10-4-5-12-18-13(15(22)23)14(21(12)8-10)20-19-11-3-1-2-9(6-11)7-17/h1-6,8H,(H,22,23). The van der Waals surface area contributed by atoms with Crippen LogP contribution in [0.3, 0.4) is 0 Å². The largest absolute Gasteiger partial charge is 0.476 e. The van der Waals surface area contributed by atoms with E-state index >= 15 is 0 Å². The van der Waals surface area contributed by atoms with Crippen molar-refractivity contribution in [3.05, 3.63) is 58.9 Å². The normalized spacial score (nSPS) is 11.0. The summed E-state index contributed by atoms with van der Waals surface area (Å²) in [6.07, 6.45) is 1.51. The molecule has 0 bridgehead atoms. The number of carbonyl (C=O) groups is 1. The van der Waals surface area contributed by atoms with E-state index in [1.54, 1.807) is 36.4 Å². The number of imidazole rings is 1. The molecule has 0 saturated carbocycles. The molecule has 0 aliphatic heterocycles. The molecule has 0 spiro atoms. The molecule has 3 rings (SSSR count). The number of hydrogen-bond acceptors (Lipinski definition) is 5. The Bertz CT molecular complexity index is 987. The van der Waals surface area contributed by atoms with E-state index < -0.39 is 5.97 Å². The van der Waals surface area contributed by atoms with Crippen molar-refractivity contribution in [2.24, 2.45) is 10.2 Å². The SMILES string of the molecule is N#Cc1cccc(N=Nc2c(C(=O)O)nc3ccc(Cl)cn23)c1. The molecule has 3 aromatic rings. The number of azo groups is 1. The second-order valence-corrected chi connectivity index (χ2v) is 4.96. The molecule has 7 nitrogen and oxygen atoms in total. The molecule has 0 radical (unpaired) electrons. The van der Waals surface area contributed by atoms with E-state index in [1.165, 1.54) is 10.6 Å². The average Bonchev–Trinajstić information content (AvgIpc) is 2.91. The fraction of sp³-hybridized carbons (Fsp3) is 0. The van der Waals surface area contributed by atoms with Gasteiger partial charge < -0.3 is 5.11 Å². The van der Waals surface area contributed by atoms with Crippen molar-refractivity contribution >= 4 is 34.7 Å². The van der Waals surface area contributed by atoms with Crippen LogP contribution in [-0.2, 0) is 0 Å². The smallest absolute Gasteiger partial charge is 0.358 e. The number of aromatic nitrogens is 2. The second-order valence-electron chi connectivity index (χ2n) is 4.53. The third-order valence-corrected chi connectivity index (χ3v) is 3.22. The fourth-order valence-corrected chi connectivity index (χ4v) is 2.15. The summed E-state index contributed by atoms with van der Waals surface area (Å²) in [6, 6.07) is 11.7. The Balaban J connectivity index is 2.12. The lowest BCUT2D eigenvalue weighted by molar-refractivity contribution is 0.0692.